The lowest BCUT2D eigenvalue weighted by Crippen LogP contribution is -2.26. The topological polar surface area (TPSA) is 42.2 Å². The highest BCUT2D eigenvalue weighted by molar-refractivity contribution is 5.88. The summed E-state index contributed by atoms with van der Waals surface area (Å²) in [4.78, 5) is 12.3. The van der Waals surface area contributed by atoms with Crippen LogP contribution in [-0.2, 0) is 24.1 Å². The number of carbonyl (C=O) groups is 1. The summed E-state index contributed by atoms with van der Waals surface area (Å²) in [6.45, 7) is 0.746. The number of allylic oxidation sites excluding steroid dienone is 1. The van der Waals surface area contributed by atoms with E-state index in [1.54, 1.807) is 6.26 Å². The zero-order chi connectivity index (χ0) is 16.4. The lowest BCUT2D eigenvalue weighted by atomic mass is 9.97. The Morgan fingerprint density at radius 1 is 1.08 bits per heavy atom. The Bertz CT molecular complexity index is 784. The van der Waals surface area contributed by atoms with Crippen molar-refractivity contribution in [3.63, 3.8) is 0 Å². The standard InChI is InChI=1S/C21H25NO2/c23-21(22-10-9-15-5-2-1-3-6-15)13-18-14-24-20-12-17-8-4-7-16(17)11-19(18)20/h5,11-12,14H,1-4,6-10,13H2,(H,22,23). The first kappa shape index (κ1) is 15.5. The number of amides is 1. The summed E-state index contributed by atoms with van der Waals surface area (Å²) in [5.74, 6) is 0.0922. The highest BCUT2D eigenvalue weighted by Crippen LogP contribution is 2.30. The van der Waals surface area contributed by atoms with Crippen LogP contribution in [0.15, 0.2) is 34.5 Å². The second kappa shape index (κ2) is 6.84. The molecule has 0 aliphatic heterocycles. The molecular formula is C21H25NO2. The maximum Gasteiger partial charge on any atom is 0.224 e. The van der Waals surface area contributed by atoms with Crippen molar-refractivity contribution in [1.29, 1.82) is 0 Å². The molecule has 0 fully saturated rings. The zero-order valence-electron chi connectivity index (χ0n) is 14.2. The van der Waals surface area contributed by atoms with Gasteiger partial charge < -0.3 is 9.73 Å². The van der Waals surface area contributed by atoms with E-state index in [0.29, 0.717) is 6.42 Å². The molecule has 126 valence electrons. The van der Waals surface area contributed by atoms with Crippen LogP contribution < -0.4 is 5.32 Å². The number of benzene rings is 1. The van der Waals surface area contributed by atoms with Gasteiger partial charge in [-0.25, -0.2) is 0 Å². The summed E-state index contributed by atoms with van der Waals surface area (Å²) in [5.41, 5.74) is 6.27. The van der Waals surface area contributed by atoms with Crippen LogP contribution in [0.2, 0.25) is 0 Å². The Morgan fingerprint density at radius 3 is 2.79 bits per heavy atom. The summed E-state index contributed by atoms with van der Waals surface area (Å²) < 4.78 is 5.69. The minimum Gasteiger partial charge on any atom is -0.464 e. The van der Waals surface area contributed by atoms with Gasteiger partial charge in [0.05, 0.1) is 12.7 Å². The molecule has 0 radical (unpaired) electrons. The van der Waals surface area contributed by atoms with Crippen molar-refractivity contribution in [2.24, 2.45) is 0 Å². The fourth-order valence-electron chi connectivity index (χ4n) is 4.01. The molecule has 0 saturated heterocycles. The average molecular weight is 323 g/mol. The van der Waals surface area contributed by atoms with E-state index >= 15 is 0 Å². The van der Waals surface area contributed by atoms with Crippen molar-refractivity contribution >= 4 is 16.9 Å². The number of furan rings is 1. The first-order valence-electron chi connectivity index (χ1n) is 9.26. The van der Waals surface area contributed by atoms with Crippen LogP contribution in [0.3, 0.4) is 0 Å². The molecule has 2 aromatic rings. The molecule has 1 heterocycles. The first-order valence-corrected chi connectivity index (χ1v) is 9.26. The Balaban J connectivity index is 1.37. The zero-order valence-corrected chi connectivity index (χ0v) is 14.2. The molecule has 0 bridgehead atoms. The van der Waals surface area contributed by atoms with Crippen molar-refractivity contribution in [2.45, 2.75) is 57.8 Å². The van der Waals surface area contributed by atoms with Gasteiger partial charge in [-0.1, -0.05) is 11.6 Å². The molecule has 0 saturated carbocycles. The van der Waals surface area contributed by atoms with Gasteiger partial charge in [0.2, 0.25) is 5.91 Å². The minimum absolute atomic E-state index is 0.0922. The van der Waals surface area contributed by atoms with Crippen LogP contribution >= 0.6 is 0 Å². The molecule has 0 spiro atoms. The van der Waals surface area contributed by atoms with E-state index in [2.05, 4.69) is 23.5 Å². The summed E-state index contributed by atoms with van der Waals surface area (Å²) in [6.07, 6.45) is 14.0. The third-order valence-electron chi connectivity index (χ3n) is 5.37. The number of aryl methyl sites for hydroxylation is 2. The number of hydrogen-bond donors (Lipinski definition) is 1. The molecule has 4 rings (SSSR count). The smallest absolute Gasteiger partial charge is 0.224 e. The molecule has 1 amide bonds. The highest BCUT2D eigenvalue weighted by Gasteiger charge is 2.16. The molecule has 24 heavy (non-hydrogen) atoms. The van der Waals surface area contributed by atoms with E-state index in [1.807, 2.05) is 0 Å². The normalized spacial score (nSPS) is 16.9. The third kappa shape index (κ3) is 3.26. The van der Waals surface area contributed by atoms with Gasteiger partial charge in [0.15, 0.2) is 0 Å². The Labute approximate surface area is 143 Å². The van der Waals surface area contributed by atoms with Crippen molar-refractivity contribution in [3.8, 4) is 0 Å². The van der Waals surface area contributed by atoms with E-state index < -0.39 is 0 Å². The SMILES string of the molecule is O=C(Cc1coc2cc3c(cc12)CCC3)NCCC1=CCCCC1. The monoisotopic (exact) mass is 323 g/mol. The van der Waals surface area contributed by atoms with E-state index in [1.165, 1.54) is 48.8 Å². The molecule has 1 aromatic heterocycles. The van der Waals surface area contributed by atoms with Crippen LogP contribution in [0, 0.1) is 0 Å². The second-order valence-electron chi connectivity index (χ2n) is 7.12. The fourth-order valence-corrected chi connectivity index (χ4v) is 4.01. The average Bonchev–Trinajstić information content (AvgIpc) is 3.20. The number of fused-ring (bicyclic) bond motifs is 2. The van der Waals surface area contributed by atoms with Gasteiger partial charge in [-0.15, -0.1) is 0 Å². The largest absolute Gasteiger partial charge is 0.464 e. The Kier molecular flexibility index (Phi) is 4.42. The van der Waals surface area contributed by atoms with Gasteiger partial charge in [-0.2, -0.15) is 0 Å². The van der Waals surface area contributed by atoms with E-state index in [4.69, 9.17) is 4.42 Å². The lowest BCUT2D eigenvalue weighted by Gasteiger charge is -2.12. The van der Waals surface area contributed by atoms with Gasteiger partial charge in [-0.3, -0.25) is 4.79 Å². The van der Waals surface area contributed by atoms with Crippen LogP contribution in [0.5, 0.6) is 0 Å². The van der Waals surface area contributed by atoms with Gasteiger partial charge in [-0.05, 0) is 74.6 Å². The van der Waals surface area contributed by atoms with Crippen LogP contribution in [0.25, 0.3) is 11.0 Å². The van der Waals surface area contributed by atoms with Crippen LogP contribution in [0.4, 0.5) is 0 Å². The third-order valence-corrected chi connectivity index (χ3v) is 5.37. The molecule has 3 nitrogen and oxygen atoms in total. The Hall–Kier alpha value is -2.03. The molecular weight excluding hydrogens is 298 g/mol. The number of rotatable bonds is 5. The van der Waals surface area contributed by atoms with E-state index in [0.717, 1.165) is 42.3 Å². The van der Waals surface area contributed by atoms with Crippen molar-refractivity contribution < 1.29 is 9.21 Å². The quantitative estimate of drug-likeness (QED) is 0.825. The van der Waals surface area contributed by atoms with Crippen LogP contribution in [-0.4, -0.2) is 12.5 Å². The maximum atomic E-state index is 12.3. The maximum absolute atomic E-state index is 12.3. The summed E-state index contributed by atoms with van der Waals surface area (Å²) in [7, 11) is 0. The molecule has 0 unspecified atom stereocenters. The van der Waals surface area contributed by atoms with E-state index in [9.17, 15) is 4.79 Å². The van der Waals surface area contributed by atoms with Crippen molar-refractivity contribution in [3.05, 3.63) is 46.7 Å². The molecule has 1 N–H and O–H groups in total. The molecule has 3 heteroatoms. The molecule has 2 aliphatic rings. The summed E-state index contributed by atoms with van der Waals surface area (Å²) in [5, 5.41) is 4.18. The fraction of sp³-hybridized carbons (Fsp3) is 0.476. The summed E-state index contributed by atoms with van der Waals surface area (Å²) >= 11 is 0. The predicted octanol–water partition coefficient (Wildman–Crippen LogP) is 4.47. The van der Waals surface area contributed by atoms with Crippen molar-refractivity contribution in [1.82, 2.24) is 5.32 Å². The Morgan fingerprint density at radius 2 is 1.96 bits per heavy atom. The van der Waals surface area contributed by atoms with E-state index in [-0.39, 0.29) is 5.91 Å². The number of nitrogens with one attached hydrogen (secondary N) is 1. The van der Waals surface area contributed by atoms with Gasteiger partial charge >= 0.3 is 0 Å². The molecule has 1 aromatic carbocycles. The molecule has 0 atom stereocenters. The van der Waals surface area contributed by atoms with Gasteiger partial charge in [0.1, 0.15) is 5.58 Å². The predicted molar refractivity (Wildman–Crippen MR) is 96.1 cm³/mol. The van der Waals surface area contributed by atoms with Crippen LogP contribution in [0.1, 0.15) is 55.2 Å². The summed E-state index contributed by atoms with van der Waals surface area (Å²) in [6, 6.07) is 4.39. The number of hydrogen-bond acceptors (Lipinski definition) is 2. The minimum atomic E-state index is 0.0922. The molecule has 2 aliphatic carbocycles. The van der Waals surface area contributed by atoms with Crippen molar-refractivity contribution in [2.75, 3.05) is 6.54 Å². The number of carbonyl (C=O) groups excluding carboxylic acids is 1. The second-order valence-corrected chi connectivity index (χ2v) is 7.12. The first-order chi connectivity index (χ1) is 11.8. The van der Waals surface area contributed by atoms with Gasteiger partial charge in [0, 0.05) is 17.5 Å². The lowest BCUT2D eigenvalue weighted by molar-refractivity contribution is -0.120. The highest BCUT2D eigenvalue weighted by atomic mass is 16.3. The van der Waals surface area contributed by atoms with Gasteiger partial charge in [0.25, 0.3) is 0 Å².